The number of anilines is 1. The van der Waals surface area contributed by atoms with E-state index < -0.39 is 42.6 Å². The second kappa shape index (κ2) is 7.93. The number of tetrazole rings is 1. The Kier molecular flexibility index (Phi) is 3.83. The summed E-state index contributed by atoms with van der Waals surface area (Å²) in [5.41, 5.74) is 0.331. The molecule has 3 fully saturated rings. The number of phenolic OH excluding ortho intramolecular Hbond substituents is 1. The van der Waals surface area contributed by atoms with Gasteiger partial charge in [0.05, 0.1) is 26.2 Å². The highest BCUT2D eigenvalue weighted by molar-refractivity contribution is 5.70. The van der Waals surface area contributed by atoms with Gasteiger partial charge in [0, 0.05) is 28.6 Å². The summed E-state index contributed by atoms with van der Waals surface area (Å²) in [6, 6.07) is 0.715. The number of alkyl halides is 1. The molecule has 4 atom stereocenters. The average molecular weight is 471 g/mol. The van der Waals surface area contributed by atoms with Gasteiger partial charge in [-0.05, 0) is 62.7 Å². The molecule has 2 aromatic heterocycles. The first-order valence-electron chi connectivity index (χ1n) is 13.8. The Balaban J connectivity index is 1.37. The van der Waals surface area contributed by atoms with Gasteiger partial charge in [0.15, 0.2) is 11.6 Å². The number of rotatable bonds is 5. The van der Waals surface area contributed by atoms with Gasteiger partial charge in [-0.3, -0.25) is 0 Å². The Morgan fingerprint density at radius 3 is 2.82 bits per heavy atom. The van der Waals surface area contributed by atoms with Crippen molar-refractivity contribution < 1.29 is 16.4 Å². The number of halogens is 1. The third kappa shape index (κ3) is 3.77. The molecule has 3 aromatic rings. The first-order valence-corrected chi connectivity index (χ1v) is 11.3. The van der Waals surface area contributed by atoms with Gasteiger partial charge in [-0.1, -0.05) is 6.07 Å². The van der Waals surface area contributed by atoms with Crippen LogP contribution in [0.5, 0.6) is 5.75 Å². The van der Waals surface area contributed by atoms with Crippen molar-refractivity contribution in [3.05, 3.63) is 24.4 Å². The number of piperidine rings is 2. The van der Waals surface area contributed by atoms with E-state index in [9.17, 15) is 5.11 Å². The summed E-state index contributed by atoms with van der Waals surface area (Å²) in [6.45, 7) is 1.97. The molecule has 0 spiro atoms. The Hall–Kier alpha value is -3.21. The molecule has 1 aromatic carbocycles. The van der Waals surface area contributed by atoms with E-state index in [-0.39, 0.29) is 29.4 Å². The van der Waals surface area contributed by atoms with Crippen LogP contribution < -0.4 is 10.2 Å². The highest BCUT2D eigenvalue weighted by Gasteiger charge is 2.50. The van der Waals surface area contributed by atoms with E-state index in [1.807, 2.05) is 6.92 Å². The molecule has 0 amide bonds. The largest absolute Gasteiger partial charge is 0.507 e. The molecule has 2 N–H and O–H groups in total. The van der Waals surface area contributed by atoms with E-state index >= 15 is 4.39 Å². The molecule has 34 heavy (non-hydrogen) atoms. The van der Waals surface area contributed by atoms with Crippen LogP contribution in [0, 0.1) is 0 Å². The van der Waals surface area contributed by atoms with Crippen LogP contribution in [0.2, 0.25) is 0 Å². The Labute approximate surface area is 203 Å². The summed E-state index contributed by atoms with van der Waals surface area (Å²) < 4.78 is 58.0. The molecular formula is C23H28FN9O. The molecule has 1 aliphatic carbocycles. The Morgan fingerprint density at radius 2 is 2.15 bits per heavy atom. The molecule has 178 valence electrons. The van der Waals surface area contributed by atoms with Gasteiger partial charge in [-0.15, -0.1) is 20.4 Å². The maximum absolute atomic E-state index is 15.9. The zero-order valence-corrected chi connectivity index (χ0v) is 18.8. The number of aromatic nitrogens is 7. The van der Waals surface area contributed by atoms with Crippen LogP contribution in [0.3, 0.4) is 0 Å². The zero-order valence-electron chi connectivity index (χ0n) is 23.8. The SMILES string of the molecule is [2H]C1([2H])C([2H])([2H])C1([2H])N(c1cnc(-c2ccc(-c3nnn(C)n3)cc2O)nn1)[C@H]1C[C@]2(C)CCC[C@@H](N2)[C@H]1F. The van der Waals surface area contributed by atoms with Crippen molar-refractivity contribution in [1.29, 1.82) is 0 Å². The maximum Gasteiger partial charge on any atom is 0.205 e. The van der Waals surface area contributed by atoms with E-state index in [4.69, 9.17) is 6.85 Å². The van der Waals surface area contributed by atoms with Crippen molar-refractivity contribution in [1.82, 2.24) is 40.7 Å². The number of phenols is 1. The minimum Gasteiger partial charge on any atom is -0.507 e. The minimum atomic E-state index is -2.58. The molecule has 3 aliphatic rings. The van der Waals surface area contributed by atoms with Crippen LogP contribution in [0.25, 0.3) is 22.8 Å². The molecule has 2 saturated heterocycles. The van der Waals surface area contributed by atoms with Crippen molar-refractivity contribution in [2.24, 2.45) is 7.05 Å². The fourth-order valence-corrected chi connectivity index (χ4v) is 5.14. The lowest BCUT2D eigenvalue weighted by molar-refractivity contribution is 0.0584. The van der Waals surface area contributed by atoms with Gasteiger partial charge in [0.1, 0.15) is 11.9 Å². The van der Waals surface area contributed by atoms with Crippen LogP contribution >= 0.6 is 0 Å². The summed E-state index contributed by atoms with van der Waals surface area (Å²) in [6.07, 6.45) is -2.96. The van der Waals surface area contributed by atoms with Crippen LogP contribution in [0.15, 0.2) is 24.4 Å². The third-order valence-electron chi connectivity index (χ3n) is 6.80. The van der Waals surface area contributed by atoms with Crippen molar-refractivity contribution >= 4 is 5.82 Å². The fraction of sp³-hybridized carbons (Fsp3) is 0.565. The van der Waals surface area contributed by atoms with Gasteiger partial charge in [-0.25, -0.2) is 9.37 Å². The van der Waals surface area contributed by atoms with Crippen molar-refractivity contribution in [3.63, 3.8) is 0 Å². The second-order valence-corrected chi connectivity index (χ2v) is 9.36. The molecule has 2 bridgehead atoms. The number of nitrogens with zero attached hydrogens (tertiary/aromatic N) is 8. The molecule has 1 saturated carbocycles. The molecule has 4 heterocycles. The van der Waals surface area contributed by atoms with Crippen molar-refractivity contribution in [2.75, 3.05) is 4.90 Å². The first kappa shape index (κ1) is 16.4. The predicted octanol–water partition coefficient (Wildman–Crippen LogP) is 2.41. The maximum atomic E-state index is 15.9. The van der Waals surface area contributed by atoms with E-state index in [1.54, 1.807) is 19.2 Å². The van der Waals surface area contributed by atoms with Crippen molar-refractivity contribution in [3.8, 4) is 28.5 Å². The number of hydrogen-bond donors (Lipinski definition) is 2. The van der Waals surface area contributed by atoms with Gasteiger partial charge in [0.2, 0.25) is 5.82 Å². The van der Waals surface area contributed by atoms with E-state index in [2.05, 4.69) is 35.9 Å². The highest BCUT2D eigenvalue weighted by atomic mass is 19.1. The Bertz CT molecular complexity index is 1410. The Morgan fingerprint density at radius 1 is 1.29 bits per heavy atom. The van der Waals surface area contributed by atoms with Gasteiger partial charge in [0.25, 0.3) is 0 Å². The van der Waals surface area contributed by atoms with Crippen LogP contribution in [0.4, 0.5) is 10.2 Å². The van der Waals surface area contributed by atoms with Gasteiger partial charge < -0.3 is 15.3 Å². The second-order valence-electron chi connectivity index (χ2n) is 9.36. The normalized spacial score (nSPS) is 34.7. The predicted molar refractivity (Wildman–Crippen MR) is 123 cm³/mol. The first-order chi connectivity index (χ1) is 18.3. The summed E-state index contributed by atoms with van der Waals surface area (Å²) in [4.78, 5) is 6.70. The highest BCUT2D eigenvalue weighted by Crippen LogP contribution is 2.42. The molecule has 0 unspecified atom stereocenters. The van der Waals surface area contributed by atoms with E-state index in [0.717, 1.165) is 17.7 Å². The van der Waals surface area contributed by atoms with Gasteiger partial charge in [-0.2, -0.15) is 4.80 Å². The number of benzene rings is 1. The third-order valence-corrected chi connectivity index (χ3v) is 6.80. The topological polar surface area (TPSA) is 118 Å². The fourth-order valence-electron chi connectivity index (χ4n) is 5.14. The van der Waals surface area contributed by atoms with Crippen LogP contribution in [-0.2, 0) is 7.05 Å². The number of nitrogens with one attached hydrogen (secondary N) is 1. The van der Waals surface area contributed by atoms with Crippen LogP contribution in [0.1, 0.15) is 52.2 Å². The quantitative estimate of drug-likeness (QED) is 0.579. The number of hydrogen-bond acceptors (Lipinski definition) is 9. The number of fused-ring (bicyclic) bond motifs is 2. The average Bonchev–Trinajstić information content (AvgIpc) is 3.18. The standard InChI is InChI=1S/C23H28FN9O/c1-23-9-3-4-16(26-23)20(24)17(11-23)33(14-6-7-14)19-12-25-22(28-27-19)15-8-5-13(10-18(15)34)21-29-31-32(2)30-21/h5,8,10,12,14,16-17,20,26,34H,3-4,6-7,9,11H2,1-2H3/t16-,17+,20-,23+/m1/s1/i6D2,7D2,14D. The van der Waals surface area contributed by atoms with E-state index in [0.29, 0.717) is 17.8 Å². The lowest BCUT2D eigenvalue weighted by atomic mass is 9.74. The molecule has 10 nitrogen and oxygen atoms in total. The summed E-state index contributed by atoms with van der Waals surface area (Å²) in [5.74, 6) is 0.0946. The number of aromatic hydroxyl groups is 1. The lowest BCUT2D eigenvalue weighted by Gasteiger charge is -2.52. The molecule has 11 heteroatoms. The van der Waals surface area contributed by atoms with Crippen LogP contribution in [-0.4, -0.2) is 70.3 Å². The minimum absolute atomic E-state index is 0.0432. The zero-order chi connectivity index (χ0) is 28.0. The molecular weight excluding hydrogens is 437 g/mol. The van der Waals surface area contributed by atoms with Gasteiger partial charge >= 0.3 is 0 Å². The summed E-state index contributed by atoms with van der Waals surface area (Å²) in [5, 5.41) is 34.1. The summed E-state index contributed by atoms with van der Waals surface area (Å²) in [7, 11) is 1.62. The summed E-state index contributed by atoms with van der Waals surface area (Å²) >= 11 is 0. The van der Waals surface area contributed by atoms with Crippen molar-refractivity contribution in [2.45, 2.75) is 75.2 Å². The molecule has 6 rings (SSSR count). The number of aryl methyl sites for hydroxylation is 1. The molecule has 2 aliphatic heterocycles. The monoisotopic (exact) mass is 470 g/mol. The lowest BCUT2D eigenvalue weighted by Crippen LogP contribution is -2.67. The smallest absolute Gasteiger partial charge is 0.205 e. The van der Waals surface area contributed by atoms with E-state index in [1.165, 1.54) is 17.1 Å². The molecule has 0 radical (unpaired) electrons.